The number of amides is 1. The summed E-state index contributed by atoms with van der Waals surface area (Å²) in [5, 5.41) is 2.91. The number of hydrogen-bond acceptors (Lipinski definition) is 6. The van der Waals surface area contributed by atoms with Crippen molar-refractivity contribution in [3.05, 3.63) is 53.7 Å². The predicted octanol–water partition coefficient (Wildman–Crippen LogP) is 1.56. The molecule has 0 unspecified atom stereocenters. The molecule has 2 heterocycles. The number of nitrogens with one attached hydrogen (secondary N) is 1. The summed E-state index contributed by atoms with van der Waals surface area (Å²) in [6, 6.07) is 9.88. The molecule has 150 valence electrons. The lowest BCUT2D eigenvalue weighted by atomic mass is 10.2. The van der Waals surface area contributed by atoms with Gasteiger partial charge in [0.15, 0.2) is 9.84 Å². The quantitative estimate of drug-likeness (QED) is 0.790. The van der Waals surface area contributed by atoms with Crippen LogP contribution in [0.5, 0.6) is 0 Å². The molecule has 0 saturated carbocycles. The number of rotatable bonds is 6. The van der Waals surface area contributed by atoms with Crippen LogP contribution in [0, 0.1) is 0 Å². The highest BCUT2D eigenvalue weighted by atomic mass is 32.2. The maximum absolute atomic E-state index is 12.5. The van der Waals surface area contributed by atoms with Crippen LogP contribution >= 0.6 is 0 Å². The van der Waals surface area contributed by atoms with Gasteiger partial charge in [0.25, 0.3) is 5.91 Å². The van der Waals surface area contributed by atoms with Gasteiger partial charge in [-0.2, -0.15) is 0 Å². The second-order valence-corrected chi connectivity index (χ2v) is 9.17. The average Bonchev–Trinajstić information content (AvgIpc) is 2.73. The Labute approximate surface area is 166 Å². The Bertz CT molecular complexity index is 921. The summed E-state index contributed by atoms with van der Waals surface area (Å²) in [6.45, 7) is 5.74. The molecule has 1 aromatic heterocycles. The van der Waals surface area contributed by atoms with Crippen LogP contribution in [0.2, 0.25) is 0 Å². The smallest absolute Gasteiger partial charge is 0.251 e. The molecule has 0 bridgehead atoms. The van der Waals surface area contributed by atoms with Gasteiger partial charge in [0.05, 0.1) is 10.6 Å². The van der Waals surface area contributed by atoms with Crippen LogP contribution in [0.1, 0.15) is 22.8 Å². The Morgan fingerprint density at radius 3 is 2.43 bits per heavy atom. The van der Waals surface area contributed by atoms with Crippen LogP contribution in [-0.2, 0) is 16.4 Å². The lowest BCUT2D eigenvalue weighted by Gasteiger charge is -2.34. The molecule has 3 rings (SSSR count). The van der Waals surface area contributed by atoms with Crippen LogP contribution in [0.4, 0.5) is 5.82 Å². The lowest BCUT2D eigenvalue weighted by molar-refractivity contribution is 0.0951. The number of pyridine rings is 1. The minimum atomic E-state index is -3.27. The average molecular weight is 403 g/mol. The summed E-state index contributed by atoms with van der Waals surface area (Å²) < 4.78 is 23.8. The lowest BCUT2D eigenvalue weighted by Crippen LogP contribution is -2.45. The van der Waals surface area contributed by atoms with Crippen molar-refractivity contribution in [2.45, 2.75) is 18.4 Å². The van der Waals surface area contributed by atoms with Gasteiger partial charge in [0.2, 0.25) is 0 Å². The van der Waals surface area contributed by atoms with Crippen LogP contribution in [0.25, 0.3) is 0 Å². The highest BCUT2D eigenvalue weighted by Crippen LogP contribution is 2.19. The summed E-state index contributed by atoms with van der Waals surface area (Å²) in [6.07, 6.45) is 1.77. The molecule has 1 N–H and O–H groups in total. The van der Waals surface area contributed by atoms with Crippen LogP contribution in [0.15, 0.2) is 47.5 Å². The Morgan fingerprint density at radius 1 is 1.11 bits per heavy atom. The minimum Gasteiger partial charge on any atom is -0.354 e. The van der Waals surface area contributed by atoms with Gasteiger partial charge in [-0.25, -0.2) is 13.4 Å². The first-order chi connectivity index (χ1) is 13.4. The zero-order chi connectivity index (χ0) is 20.1. The standard InChI is InChI=1S/C20H26N4O3S/c1-3-28(26,27)18-8-6-16(7-9-18)20(25)22-15-17-5-4-10-21-19(17)24-13-11-23(2)12-14-24/h4-10H,3,11-15H2,1-2H3,(H,22,25). The summed E-state index contributed by atoms with van der Waals surface area (Å²) in [5.41, 5.74) is 1.39. The number of nitrogens with zero attached hydrogens (tertiary/aromatic N) is 3. The van der Waals surface area contributed by atoms with Gasteiger partial charge in [0.1, 0.15) is 5.82 Å². The van der Waals surface area contributed by atoms with E-state index >= 15 is 0 Å². The Hall–Kier alpha value is -2.45. The molecule has 28 heavy (non-hydrogen) atoms. The van der Waals surface area contributed by atoms with Crippen LogP contribution in [-0.4, -0.2) is 63.2 Å². The number of benzene rings is 1. The van der Waals surface area contributed by atoms with Gasteiger partial charge in [-0.1, -0.05) is 13.0 Å². The van der Waals surface area contributed by atoms with Crippen molar-refractivity contribution in [1.29, 1.82) is 0 Å². The number of hydrogen-bond donors (Lipinski definition) is 1. The highest BCUT2D eigenvalue weighted by Gasteiger charge is 2.18. The van der Waals surface area contributed by atoms with Gasteiger partial charge in [0, 0.05) is 50.0 Å². The van der Waals surface area contributed by atoms with E-state index in [9.17, 15) is 13.2 Å². The van der Waals surface area contributed by atoms with Crippen molar-refractivity contribution in [3.8, 4) is 0 Å². The largest absolute Gasteiger partial charge is 0.354 e. The molecule has 1 aliphatic heterocycles. The van der Waals surface area contributed by atoms with Crippen LogP contribution < -0.4 is 10.2 Å². The molecular weight excluding hydrogens is 376 g/mol. The van der Waals surface area contributed by atoms with Gasteiger partial charge in [-0.3, -0.25) is 4.79 Å². The predicted molar refractivity (Wildman–Crippen MR) is 109 cm³/mol. The van der Waals surface area contributed by atoms with Gasteiger partial charge in [-0.05, 0) is 37.4 Å². The van der Waals surface area contributed by atoms with E-state index in [1.807, 2.05) is 12.1 Å². The van der Waals surface area contributed by atoms with Gasteiger partial charge < -0.3 is 15.1 Å². The zero-order valence-corrected chi connectivity index (χ0v) is 17.1. The van der Waals surface area contributed by atoms with E-state index in [1.54, 1.807) is 25.3 Å². The first-order valence-electron chi connectivity index (χ1n) is 9.39. The monoisotopic (exact) mass is 402 g/mol. The topological polar surface area (TPSA) is 82.6 Å². The van der Waals surface area contributed by atoms with E-state index in [-0.39, 0.29) is 16.6 Å². The summed E-state index contributed by atoms with van der Waals surface area (Å²) >= 11 is 0. The third-order valence-corrected chi connectivity index (χ3v) is 6.72. The molecule has 1 aliphatic rings. The van der Waals surface area contributed by atoms with Crippen molar-refractivity contribution in [2.24, 2.45) is 0 Å². The minimum absolute atomic E-state index is 0.0363. The number of carbonyl (C=O) groups excluding carboxylic acids is 1. The maximum atomic E-state index is 12.5. The number of sulfone groups is 1. The number of carbonyl (C=O) groups is 1. The van der Waals surface area contributed by atoms with Gasteiger partial charge in [-0.15, -0.1) is 0 Å². The van der Waals surface area contributed by atoms with Crippen molar-refractivity contribution >= 4 is 21.6 Å². The third-order valence-electron chi connectivity index (χ3n) is 4.97. The molecular formula is C20H26N4O3S. The van der Waals surface area contributed by atoms with E-state index < -0.39 is 9.84 Å². The van der Waals surface area contributed by atoms with E-state index in [0.717, 1.165) is 37.6 Å². The Morgan fingerprint density at radius 2 is 1.79 bits per heavy atom. The van der Waals surface area contributed by atoms with E-state index in [1.165, 1.54) is 12.1 Å². The fraction of sp³-hybridized carbons (Fsp3) is 0.400. The first kappa shape index (κ1) is 20.3. The summed E-state index contributed by atoms with van der Waals surface area (Å²) in [5.74, 6) is 0.697. The van der Waals surface area contributed by atoms with E-state index in [2.05, 4.69) is 27.1 Å². The third kappa shape index (κ3) is 4.69. The fourth-order valence-electron chi connectivity index (χ4n) is 3.13. The zero-order valence-electron chi connectivity index (χ0n) is 16.3. The van der Waals surface area contributed by atoms with Crippen molar-refractivity contribution in [1.82, 2.24) is 15.2 Å². The molecule has 1 amide bonds. The van der Waals surface area contributed by atoms with E-state index in [4.69, 9.17) is 0 Å². The molecule has 0 atom stereocenters. The van der Waals surface area contributed by atoms with Gasteiger partial charge >= 0.3 is 0 Å². The van der Waals surface area contributed by atoms with E-state index in [0.29, 0.717) is 12.1 Å². The molecule has 1 aromatic carbocycles. The number of likely N-dealkylation sites (N-methyl/N-ethyl adjacent to an activating group) is 1. The summed E-state index contributed by atoms with van der Waals surface area (Å²) in [7, 11) is -1.16. The first-order valence-corrected chi connectivity index (χ1v) is 11.0. The molecule has 2 aromatic rings. The molecule has 0 radical (unpaired) electrons. The molecule has 8 heteroatoms. The highest BCUT2D eigenvalue weighted by molar-refractivity contribution is 7.91. The Balaban J connectivity index is 1.67. The fourth-order valence-corrected chi connectivity index (χ4v) is 4.01. The molecule has 0 spiro atoms. The number of aromatic nitrogens is 1. The Kier molecular flexibility index (Phi) is 6.31. The van der Waals surface area contributed by atoms with Crippen molar-refractivity contribution in [3.63, 3.8) is 0 Å². The second kappa shape index (κ2) is 8.70. The summed E-state index contributed by atoms with van der Waals surface area (Å²) in [4.78, 5) is 21.7. The number of anilines is 1. The SMILES string of the molecule is CCS(=O)(=O)c1ccc(C(=O)NCc2cccnc2N2CCN(C)CC2)cc1. The molecule has 1 fully saturated rings. The second-order valence-electron chi connectivity index (χ2n) is 6.89. The normalized spacial score (nSPS) is 15.4. The van der Waals surface area contributed by atoms with Crippen molar-refractivity contribution in [2.75, 3.05) is 43.9 Å². The molecule has 1 saturated heterocycles. The maximum Gasteiger partial charge on any atom is 0.251 e. The van der Waals surface area contributed by atoms with Crippen LogP contribution in [0.3, 0.4) is 0 Å². The molecule has 7 nitrogen and oxygen atoms in total. The molecule has 0 aliphatic carbocycles. The van der Waals surface area contributed by atoms with Crippen molar-refractivity contribution < 1.29 is 13.2 Å². The number of piperazine rings is 1.